The molecule has 0 saturated carbocycles. The molecule has 0 saturated heterocycles. The molecule has 0 bridgehead atoms. The lowest BCUT2D eigenvalue weighted by Gasteiger charge is -2.25. The number of carbonyl (C=O) groups is 1. The molecule has 0 aliphatic heterocycles. The zero-order valence-corrected chi connectivity index (χ0v) is 14.8. The Morgan fingerprint density at radius 2 is 1.67 bits per heavy atom. The Bertz CT molecular complexity index is 649. The van der Waals surface area contributed by atoms with Crippen LogP contribution < -0.4 is 15.4 Å². The normalized spacial score (nSPS) is 11.2. The molecular formula is C20H26N2O2. The number of urea groups is 1. The summed E-state index contributed by atoms with van der Waals surface area (Å²) in [5.74, 6) is 0.793. The summed E-state index contributed by atoms with van der Waals surface area (Å²) in [6, 6.07) is 17.3. The van der Waals surface area contributed by atoms with Gasteiger partial charge in [0, 0.05) is 17.6 Å². The largest absolute Gasteiger partial charge is 0.491 e. The Balaban J connectivity index is 1.87. The van der Waals surface area contributed by atoms with Crippen LogP contribution in [0.1, 0.15) is 33.3 Å². The summed E-state index contributed by atoms with van der Waals surface area (Å²) in [4.78, 5) is 12.1. The van der Waals surface area contributed by atoms with E-state index in [2.05, 4.69) is 36.6 Å². The number of nitrogens with one attached hydrogen (secondary N) is 2. The minimum absolute atomic E-state index is 0.131. The molecule has 24 heavy (non-hydrogen) atoms. The lowest BCUT2D eigenvalue weighted by atomic mass is 9.85. The molecule has 0 radical (unpaired) electrons. The second-order valence-corrected chi connectivity index (χ2v) is 6.75. The third kappa shape index (κ3) is 5.30. The van der Waals surface area contributed by atoms with Crippen molar-refractivity contribution in [2.75, 3.05) is 11.9 Å². The minimum Gasteiger partial charge on any atom is -0.491 e. The lowest BCUT2D eigenvalue weighted by Crippen LogP contribution is -2.38. The number of hydrogen-bond donors (Lipinski definition) is 2. The monoisotopic (exact) mass is 326 g/mol. The van der Waals surface area contributed by atoms with E-state index in [0.717, 1.165) is 11.4 Å². The van der Waals surface area contributed by atoms with Crippen LogP contribution in [-0.2, 0) is 5.41 Å². The summed E-state index contributed by atoms with van der Waals surface area (Å²) in [6.45, 7) is 8.74. The third-order valence-electron chi connectivity index (χ3n) is 3.73. The molecule has 4 heteroatoms. The van der Waals surface area contributed by atoms with Gasteiger partial charge < -0.3 is 15.4 Å². The summed E-state index contributed by atoms with van der Waals surface area (Å²) < 4.78 is 5.59. The molecule has 0 aliphatic carbocycles. The number of anilines is 1. The van der Waals surface area contributed by atoms with Gasteiger partial charge in [-0.3, -0.25) is 0 Å². The summed E-state index contributed by atoms with van der Waals surface area (Å²) in [5.41, 5.74) is 1.80. The molecule has 0 spiro atoms. The van der Waals surface area contributed by atoms with Crippen molar-refractivity contribution in [1.82, 2.24) is 5.32 Å². The second kappa shape index (κ2) is 7.86. The van der Waals surface area contributed by atoms with Crippen LogP contribution in [0.15, 0.2) is 54.6 Å². The van der Waals surface area contributed by atoms with Gasteiger partial charge in [-0.05, 0) is 43.7 Å². The molecule has 0 heterocycles. The third-order valence-corrected chi connectivity index (χ3v) is 3.73. The van der Waals surface area contributed by atoms with E-state index in [0.29, 0.717) is 6.54 Å². The first-order valence-corrected chi connectivity index (χ1v) is 8.24. The van der Waals surface area contributed by atoms with Crippen molar-refractivity contribution in [3.8, 4) is 5.75 Å². The van der Waals surface area contributed by atoms with Crippen LogP contribution in [0, 0.1) is 0 Å². The van der Waals surface area contributed by atoms with Crippen molar-refractivity contribution in [3.05, 3.63) is 60.2 Å². The number of ether oxygens (including phenoxy) is 1. The van der Waals surface area contributed by atoms with Crippen molar-refractivity contribution < 1.29 is 9.53 Å². The fraction of sp³-hybridized carbons (Fsp3) is 0.350. The average molecular weight is 326 g/mol. The van der Waals surface area contributed by atoms with Crippen LogP contribution in [-0.4, -0.2) is 18.7 Å². The Hall–Kier alpha value is -2.49. The molecule has 0 fully saturated rings. The number of amides is 2. The molecule has 2 aromatic rings. The standard InChI is InChI=1S/C20H26N2O2/c1-15(2)24-18-12-10-17(11-13-18)22-19(23)21-14-20(3,4)16-8-6-5-7-9-16/h5-13,15H,14H2,1-4H3,(H2,21,22,23). The Kier molecular flexibility index (Phi) is 5.85. The van der Waals surface area contributed by atoms with Crippen LogP contribution in [0.3, 0.4) is 0 Å². The zero-order chi connectivity index (χ0) is 17.6. The van der Waals surface area contributed by atoms with Crippen LogP contribution >= 0.6 is 0 Å². The molecule has 0 atom stereocenters. The molecule has 2 amide bonds. The van der Waals surface area contributed by atoms with Crippen LogP contribution in [0.4, 0.5) is 10.5 Å². The summed E-state index contributed by atoms with van der Waals surface area (Å²) in [6.07, 6.45) is 0.132. The number of benzene rings is 2. The molecular weight excluding hydrogens is 300 g/mol. The van der Waals surface area contributed by atoms with Gasteiger partial charge in [-0.25, -0.2) is 4.79 Å². The molecule has 0 aromatic heterocycles. The van der Waals surface area contributed by atoms with E-state index >= 15 is 0 Å². The van der Waals surface area contributed by atoms with Gasteiger partial charge in [0.05, 0.1) is 6.10 Å². The van der Waals surface area contributed by atoms with Crippen molar-refractivity contribution in [1.29, 1.82) is 0 Å². The number of carbonyl (C=O) groups excluding carboxylic acids is 1. The van der Waals surface area contributed by atoms with Crippen molar-refractivity contribution in [3.63, 3.8) is 0 Å². The molecule has 0 unspecified atom stereocenters. The SMILES string of the molecule is CC(C)Oc1ccc(NC(=O)NCC(C)(C)c2ccccc2)cc1. The van der Waals surface area contributed by atoms with E-state index in [4.69, 9.17) is 4.74 Å². The van der Waals surface area contributed by atoms with Gasteiger partial charge in [-0.1, -0.05) is 44.2 Å². The zero-order valence-electron chi connectivity index (χ0n) is 14.8. The van der Waals surface area contributed by atoms with Gasteiger partial charge in [0.15, 0.2) is 0 Å². The maximum absolute atomic E-state index is 12.1. The minimum atomic E-state index is -0.212. The Morgan fingerprint density at radius 1 is 1.04 bits per heavy atom. The molecule has 0 aliphatic rings. The van der Waals surface area contributed by atoms with E-state index in [-0.39, 0.29) is 17.6 Å². The van der Waals surface area contributed by atoms with Crippen LogP contribution in [0.2, 0.25) is 0 Å². The van der Waals surface area contributed by atoms with Crippen LogP contribution in [0.25, 0.3) is 0 Å². The Morgan fingerprint density at radius 3 is 2.25 bits per heavy atom. The summed E-state index contributed by atoms with van der Waals surface area (Å²) in [5, 5.41) is 5.78. The second-order valence-electron chi connectivity index (χ2n) is 6.75. The Labute approximate surface area is 144 Å². The van der Waals surface area contributed by atoms with Gasteiger partial charge in [-0.2, -0.15) is 0 Å². The van der Waals surface area contributed by atoms with E-state index in [1.165, 1.54) is 5.56 Å². The van der Waals surface area contributed by atoms with E-state index in [9.17, 15) is 4.79 Å². The van der Waals surface area contributed by atoms with Gasteiger partial charge in [-0.15, -0.1) is 0 Å². The highest BCUT2D eigenvalue weighted by Gasteiger charge is 2.21. The first-order chi connectivity index (χ1) is 11.4. The van der Waals surface area contributed by atoms with Crippen molar-refractivity contribution >= 4 is 11.7 Å². The quantitative estimate of drug-likeness (QED) is 0.817. The molecule has 2 rings (SSSR count). The average Bonchev–Trinajstić information content (AvgIpc) is 2.55. The molecule has 128 valence electrons. The summed E-state index contributed by atoms with van der Waals surface area (Å²) in [7, 11) is 0. The number of rotatable bonds is 6. The smallest absolute Gasteiger partial charge is 0.319 e. The topological polar surface area (TPSA) is 50.4 Å². The molecule has 2 aromatic carbocycles. The maximum Gasteiger partial charge on any atom is 0.319 e. The van der Waals surface area contributed by atoms with Crippen molar-refractivity contribution in [2.45, 2.75) is 39.2 Å². The number of hydrogen-bond acceptors (Lipinski definition) is 2. The highest BCUT2D eigenvalue weighted by molar-refractivity contribution is 5.89. The van der Waals surface area contributed by atoms with Gasteiger partial charge >= 0.3 is 6.03 Å². The lowest BCUT2D eigenvalue weighted by molar-refractivity contribution is 0.242. The van der Waals surface area contributed by atoms with Crippen LogP contribution in [0.5, 0.6) is 5.75 Å². The predicted octanol–water partition coefficient (Wildman–Crippen LogP) is 4.57. The first kappa shape index (κ1) is 17.9. The van der Waals surface area contributed by atoms with Gasteiger partial charge in [0.25, 0.3) is 0 Å². The fourth-order valence-corrected chi connectivity index (χ4v) is 2.36. The first-order valence-electron chi connectivity index (χ1n) is 8.24. The maximum atomic E-state index is 12.1. The predicted molar refractivity (Wildman–Crippen MR) is 98.7 cm³/mol. The van der Waals surface area contributed by atoms with E-state index in [1.54, 1.807) is 0 Å². The van der Waals surface area contributed by atoms with Gasteiger partial charge in [0.1, 0.15) is 5.75 Å². The van der Waals surface area contributed by atoms with Gasteiger partial charge in [0.2, 0.25) is 0 Å². The van der Waals surface area contributed by atoms with E-state index < -0.39 is 0 Å². The highest BCUT2D eigenvalue weighted by atomic mass is 16.5. The highest BCUT2D eigenvalue weighted by Crippen LogP contribution is 2.22. The molecule has 2 N–H and O–H groups in total. The fourth-order valence-electron chi connectivity index (χ4n) is 2.36. The van der Waals surface area contributed by atoms with Crippen molar-refractivity contribution in [2.24, 2.45) is 0 Å². The molecule has 4 nitrogen and oxygen atoms in total. The summed E-state index contributed by atoms with van der Waals surface area (Å²) >= 11 is 0. The van der Waals surface area contributed by atoms with E-state index in [1.807, 2.05) is 56.3 Å².